The molecule has 2 aliphatic carbocycles. The topological polar surface area (TPSA) is 32.3 Å². The van der Waals surface area contributed by atoms with Crippen molar-refractivity contribution in [2.24, 2.45) is 0 Å². The van der Waals surface area contributed by atoms with Crippen LogP contribution in [0.25, 0.3) is 0 Å². The van der Waals surface area contributed by atoms with Crippen molar-refractivity contribution in [1.29, 1.82) is 0 Å². The van der Waals surface area contributed by atoms with Gasteiger partial charge in [0.05, 0.1) is 5.60 Å². The maximum absolute atomic E-state index is 12.6. The number of aliphatic hydroxyl groups is 1. The van der Waals surface area contributed by atoms with E-state index >= 15 is 0 Å². The molecule has 0 amide bonds. The van der Waals surface area contributed by atoms with Crippen LogP contribution in [0, 0.1) is 0 Å². The quantitative estimate of drug-likeness (QED) is 0.718. The molecule has 0 aliphatic heterocycles. The Hall–Kier alpha value is -0.220. The average Bonchev–Trinajstić information content (AvgIpc) is 2.27. The molecule has 0 aromatic rings. The first-order valence-electron chi connectivity index (χ1n) is 5.25. The number of hydrogen-bond acceptors (Lipinski definition) is 2. The van der Waals surface area contributed by atoms with E-state index in [0.717, 1.165) is 19.3 Å². The smallest absolute Gasteiger partial charge is 0.251 e. The Kier molecular flexibility index (Phi) is 2.31. The Bertz CT molecular complexity index is 222. The van der Waals surface area contributed by atoms with Crippen molar-refractivity contribution in [1.82, 2.24) is 5.32 Å². The molecule has 2 unspecified atom stereocenters. The Labute approximate surface area is 82.7 Å². The maximum Gasteiger partial charge on any atom is 0.251 e. The zero-order valence-corrected chi connectivity index (χ0v) is 8.39. The van der Waals surface area contributed by atoms with Gasteiger partial charge in [0.15, 0.2) is 0 Å². The Morgan fingerprint density at radius 1 is 1.36 bits per heavy atom. The summed E-state index contributed by atoms with van der Waals surface area (Å²) in [7, 11) is 0. The van der Waals surface area contributed by atoms with Crippen LogP contribution in [0.1, 0.15) is 39.0 Å². The average molecular weight is 205 g/mol. The first-order valence-corrected chi connectivity index (χ1v) is 5.25. The third kappa shape index (κ3) is 1.91. The zero-order chi connectivity index (χ0) is 10.4. The molecule has 0 aromatic heterocycles. The van der Waals surface area contributed by atoms with Gasteiger partial charge in [0.1, 0.15) is 0 Å². The number of rotatable bonds is 2. The van der Waals surface area contributed by atoms with Crippen LogP contribution in [0.2, 0.25) is 0 Å². The molecule has 0 aromatic carbocycles. The van der Waals surface area contributed by atoms with Gasteiger partial charge in [-0.05, 0) is 26.2 Å². The minimum Gasteiger partial charge on any atom is -0.389 e. The highest BCUT2D eigenvalue weighted by Crippen LogP contribution is 2.39. The first-order chi connectivity index (χ1) is 6.39. The van der Waals surface area contributed by atoms with Crippen LogP contribution in [0.3, 0.4) is 0 Å². The molecule has 14 heavy (non-hydrogen) atoms. The molecule has 0 saturated heterocycles. The second-order valence-corrected chi connectivity index (χ2v) is 4.93. The molecule has 2 N–H and O–H groups in total. The van der Waals surface area contributed by atoms with E-state index in [2.05, 4.69) is 5.32 Å². The summed E-state index contributed by atoms with van der Waals surface area (Å²) in [5.74, 6) is -2.47. The van der Waals surface area contributed by atoms with Gasteiger partial charge >= 0.3 is 0 Å². The van der Waals surface area contributed by atoms with Crippen molar-refractivity contribution in [2.45, 2.75) is 62.6 Å². The van der Waals surface area contributed by atoms with Gasteiger partial charge in [0.25, 0.3) is 5.92 Å². The van der Waals surface area contributed by atoms with Crippen molar-refractivity contribution >= 4 is 0 Å². The molecule has 4 heteroatoms. The van der Waals surface area contributed by atoms with Crippen molar-refractivity contribution < 1.29 is 13.9 Å². The molecule has 2 rings (SSSR count). The van der Waals surface area contributed by atoms with Crippen LogP contribution in [0.4, 0.5) is 8.78 Å². The predicted molar refractivity (Wildman–Crippen MR) is 49.4 cm³/mol. The van der Waals surface area contributed by atoms with Gasteiger partial charge in [0, 0.05) is 24.9 Å². The molecule has 82 valence electrons. The minimum atomic E-state index is -2.47. The summed E-state index contributed by atoms with van der Waals surface area (Å²) < 4.78 is 25.1. The predicted octanol–water partition coefficient (Wildman–Crippen LogP) is 1.68. The van der Waals surface area contributed by atoms with Crippen LogP contribution in [0.5, 0.6) is 0 Å². The van der Waals surface area contributed by atoms with Crippen LogP contribution in [0.15, 0.2) is 0 Å². The Morgan fingerprint density at radius 3 is 2.43 bits per heavy atom. The molecule has 0 spiro atoms. The lowest BCUT2D eigenvalue weighted by molar-refractivity contribution is -0.100. The monoisotopic (exact) mass is 205 g/mol. The number of alkyl halides is 2. The second-order valence-electron chi connectivity index (χ2n) is 4.93. The highest BCUT2D eigenvalue weighted by Gasteiger charge is 2.48. The third-order valence-electron chi connectivity index (χ3n) is 3.45. The minimum absolute atomic E-state index is 0.00333. The van der Waals surface area contributed by atoms with Gasteiger partial charge in [-0.1, -0.05) is 0 Å². The molecule has 2 aliphatic rings. The maximum atomic E-state index is 12.6. The lowest BCUT2D eigenvalue weighted by Crippen LogP contribution is -2.56. The molecule has 2 atom stereocenters. The largest absolute Gasteiger partial charge is 0.389 e. The summed E-state index contributed by atoms with van der Waals surface area (Å²) >= 11 is 0. The molecule has 2 saturated carbocycles. The standard InChI is InChI=1S/C10H17F2NO/c1-9(14)4-2-3-8(9)13-7-5-10(11,12)6-7/h7-8,13-14H,2-6H2,1H3. The van der Waals surface area contributed by atoms with E-state index in [4.69, 9.17) is 0 Å². The van der Waals surface area contributed by atoms with E-state index in [0.29, 0.717) is 0 Å². The van der Waals surface area contributed by atoms with E-state index < -0.39 is 11.5 Å². The number of nitrogens with one attached hydrogen (secondary N) is 1. The van der Waals surface area contributed by atoms with Gasteiger partial charge in [-0.25, -0.2) is 8.78 Å². The lowest BCUT2D eigenvalue weighted by Gasteiger charge is -2.39. The van der Waals surface area contributed by atoms with E-state index in [-0.39, 0.29) is 24.9 Å². The van der Waals surface area contributed by atoms with E-state index in [1.807, 2.05) is 0 Å². The summed E-state index contributed by atoms with van der Waals surface area (Å²) in [6.45, 7) is 1.79. The molecule has 0 bridgehead atoms. The summed E-state index contributed by atoms with van der Waals surface area (Å²) in [6, 6.07) is -0.0943. The first kappa shape index (κ1) is 10.3. The van der Waals surface area contributed by atoms with Gasteiger partial charge in [-0.3, -0.25) is 0 Å². The molecule has 0 radical (unpaired) electrons. The fourth-order valence-electron chi connectivity index (χ4n) is 2.48. The molecule has 2 fully saturated rings. The second kappa shape index (κ2) is 3.14. The van der Waals surface area contributed by atoms with Crippen molar-refractivity contribution in [2.75, 3.05) is 0 Å². The zero-order valence-electron chi connectivity index (χ0n) is 8.39. The van der Waals surface area contributed by atoms with Crippen molar-refractivity contribution in [3.8, 4) is 0 Å². The SMILES string of the molecule is CC1(O)CCCC1NC1CC(F)(F)C1. The molecule has 2 nitrogen and oxygen atoms in total. The van der Waals surface area contributed by atoms with Crippen molar-refractivity contribution in [3.05, 3.63) is 0 Å². The van der Waals surface area contributed by atoms with Crippen LogP contribution < -0.4 is 5.32 Å². The van der Waals surface area contributed by atoms with Gasteiger partial charge < -0.3 is 10.4 Å². The van der Waals surface area contributed by atoms with Gasteiger partial charge in [-0.2, -0.15) is 0 Å². The summed E-state index contributed by atoms with van der Waals surface area (Å²) in [6.07, 6.45) is 2.51. The fourth-order valence-corrected chi connectivity index (χ4v) is 2.48. The van der Waals surface area contributed by atoms with Gasteiger partial charge in [0.2, 0.25) is 0 Å². The number of halogens is 2. The normalized spacial score (nSPS) is 42.4. The van der Waals surface area contributed by atoms with Crippen LogP contribution >= 0.6 is 0 Å². The molecule has 0 heterocycles. The highest BCUT2D eigenvalue weighted by molar-refractivity contribution is 4.99. The Balaban J connectivity index is 1.82. The van der Waals surface area contributed by atoms with Crippen molar-refractivity contribution in [3.63, 3.8) is 0 Å². The van der Waals surface area contributed by atoms with E-state index in [9.17, 15) is 13.9 Å². The number of hydrogen-bond donors (Lipinski definition) is 2. The van der Waals surface area contributed by atoms with Crippen LogP contribution in [-0.2, 0) is 0 Å². The van der Waals surface area contributed by atoms with Crippen LogP contribution in [-0.4, -0.2) is 28.7 Å². The third-order valence-corrected chi connectivity index (χ3v) is 3.45. The summed E-state index contributed by atoms with van der Waals surface area (Å²) in [5.41, 5.74) is -0.703. The summed E-state index contributed by atoms with van der Waals surface area (Å²) in [4.78, 5) is 0. The molecular formula is C10H17F2NO. The van der Waals surface area contributed by atoms with E-state index in [1.165, 1.54) is 0 Å². The van der Waals surface area contributed by atoms with E-state index in [1.54, 1.807) is 6.92 Å². The fraction of sp³-hybridized carbons (Fsp3) is 1.00. The van der Waals surface area contributed by atoms with Gasteiger partial charge in [-0.15, -0.1) is 0 Å². The lowest BCUT2D eigenvalue weighted by atomic mass is 9.86. The highest BCUT2D eigenvalue weighted by atomic mass is 19.3. The molecular weight excluding hydrogens is 188 g/mol. The summed E-state index contributed by atoms with van der Waals surface area (Å²) in [5, 5.41) is 13.0. The Morgan fingerprint density at radius 2 is 2.00 bits per heavy atom.